The molecule has 0 aliphatic carbocycles. The quantitative estimate of drug-likeness (QED) is 0.510. The first kappa shape index (κ1) is 22.9. The highest BCUT2D eigenvalue weighted by molar-refractivity contribution is 7.90. The first-order valence-corrected chi connectivity index (χ1v) is 12.6. The summed E-state index contributed by atoms with van der Waals surface area (Å²) in [5.74, 6) is -0.732. The van der Waals surface area contributed by atoms with Crippen molar-refractivity contribution >= 4 is 38.7 Å². The third-order valence-electron chi connectivity index (χ3n) is 5.17. The SMILES string of the molecule is CC(=O)c1ccc2c(c1)S(=O)(=O)N=C(c1c(O)c(-c3cccs3)nn(CCC(C)C)c1=O)N2. The average molecular weight is 487 g/mol. The highest BCUT2D eigenvalue weighted by atomic mass is 32.2. The Bertz CT molecular complexity index is 1440. The molecule has 1 aromatic carbocycles. The number of nitrogens with one attached hydrogen (secondary N) is 1. The summed E-state index contributed by atoms with van der Waals surface area (Å²) < 4.78 is 30.9. The molecule has 0 atom stereocenters. The summed E-state index contributed by atoms with van der Waals surface area (Å²) in [6.45, 7) is 5.65. The van der Waals surface area contributed by atoms with Gasteiger partial charge >= 0.3 is 0 Å². The smallest absolute Gasteiger partial charge is 0.286 e. The normalized spacial score (nSPS) is 14.5. The minimum Gasteiger partial charge on any atom is -0.505 e. The molecule has 2 aromatic heterocycles. The molecule has 3 aromatic rings. The molecule has 1 aliphatic heterocycles. The van der Waals surface area contributed by atoms with Gasteiger partial charge in [0, 0.05) is 12.1 Å². The molecule has 11 heteroatoms. The molecule has 0 amide bonds. The van der Waals surface area contributed by atoms with Gasteiger partial charge in [-0.25, -0.2) is 4.68 Å². The Morgan fingerprint density at radius 2 is 2.03 bits per heavy atom. The Labute approximate surface area is 194 Å². The Kier molecular flexibility index (Phi) is 5.93. The summed E-state index contributed by atoms with van der Waals surface area (Å²) in [6, 6.07) is 7.70. The second-order valence-corrected chi connectivity index (χ2v) is 10.6. The molecule has 0 spiro atoms. The van der Waals surface area contributed by atoms with E-state index in [2.05, 4.69) is 14.8 Å². The summed E-state index contributed by atoms with van der Waals surface area (Å²) >= 11 is 1.33. The van der Waals surface area contributed by atoms with Crippen molar-refractivity contribution in [2.45, 2.75) is 38.6 Å². The second kappa shape index (κ2) is 8.56. The standard InChI is InChI=1S/C22H22N4O5S2/c1-12(2)8-9-26-22(29)18(20(28)19(24-26)16-5-4-10-32-16)21-23-15-7-6-14(13(3)27)11-17(15)33(30,31)25-21/h4-7,10-12,28H,8-9H2,1-3H3,(H,23,25). The predicted molar refractivity (Wildman–Crippen MR) is 127 cm³/mol. The van der Waals surface area contributed by atoms with Crippen LogP contribution in [0, 0.1) is 5.92 Å². The average Bonchev–Trinajstić information content (AvgIpc) is 3.27. The van der Waals surface area contributed by atoms with Crippen LogP contribution in [-0.4, -0.2) is 34.9 Å². The van der Waals surface area contributed by atoms with Crippen LogP contribution in [0.1, 0.15) is 43.1 Å². The highest BCUT2D eigenvalue weighted by Gasteiger charge is 2.31. The number of hydrogen-bond acceptors (Lipinski definition) is 8. The Morgan fingerprint density at radius 3 is 2.67 bits per heavy atom. The molecule has 2 N–H and O–H groups in total. The van der Waals surface area contributed by atoms with Gasteiger partial charge in [0.15, 0.2) is 17.4 Å². The number of thiophene rings is 1. The van der Waals surface area contributed by atoms with Crippen molar-refractivity contribution in [3.05, 3.63) is 57.2 Å². The van der Waals surface area contributed by atoms with Crippen LogP contribution < -0.4 is 10.9 Å². The number of sulfonamides is 1. The Hall–Kier alpha value is -3.31. The number of ketones is 1. The van der Waals surface area contributed by atoms with Gasteiger partial charge in [-0.1, -0.05) is 19.9 Å². The lowest BCUT2D eigenvalue weighted by atomic mass is 10.1. The van der Waals surface area contributed by atoms with E-state index < -0.39 is 21.3 Å². The zero-order valence-corrected chi connectivity index (χ0v) is 19.8. The molecule has 9 nitrogen and oxygen atoms in total. The second-order valence-electron chi connectivity index (χ2n) is 8.07. The molecule has 0 bridgehead atoms. The Morgan fingerprint density at radius 1 is 1.27 bits per heavy atom. The van der Waals surface area contributed by atoms with Crippen LogP contribution in [0.3, 0.4) is 0 Å². The number of carbonyl (C=O) groups excluding carboxylic acids is 1. The van der Waals surface area contributed by atoms with Crippen molar-refractivity contribution in [3.8, 4) is 16.3 Å². The minimum absolute atomic E-state index is 0.159. The lowest BCUT2D eigenvalue weighted by Crippen LogP contribution is -2.34. The van der Waals surface area contributed by atoms with Crippen molar-refractivity contribution < 1.29 is 18.3 Å². The van der Waals surface area contributed by atoms with Crippen LogP contribution in [0.2, 0.25) is 0 Å². The van der Waals surface area contributed by atoms with E-state index in [1.165, 1.54) is 41.1 Å². The number of rotatable bonds is 6. The van der Waals surface area contributed by atoms with Gasteiger partial charge in [-0.2, -0.15) is 13.5 Å². The number of aryl methyl sites for hydroxylation is 1. The van der Waals surface area contributed by atoms with E-state index >= 15 is 0 Å². The predicted octanol–water partition coefficient (Wildman–Crippen LogP) is 3.49. The third kappa shape index (κ3) is 4.33. The molecular formula is C22H22N4O5S2. The van der Waals surface area contributed by atoms with Crippen molar-refractivity contribution in [1.82, 2.24) is 9.78 Å². The minimum atomic E-state index is -4.24. The van der Waals surface area contributed by atoms with Crippen molar-refractivity contribution in [1.29, 1.82) is 0 Å². The number of benzene rings is 1. The summed E-state index contributed by atoms with van der Waals surface area (Å²) in [6.07, 6.45) is 0.663. The van der Waals surface area contributed by atoms with Crippen molar-refractivity contribution in [2.75, 3.05) is 5.32 Å². The van der Waals surface area contributed by atoms with Gasteiger partial charge in [-0.3, -0.25) is 9.59 Å². The van der Waals surface area contributed by atoms with Gasteiger partial charge < -0.3 is 10.4 Å². The van der Waals surface area contributed by atoms with Gasteiger partial charge in [0.25, 0.3) is 15.6 Å². The number of amidine groups is 1. The topological polar surface area (TPSA) is 131 Å². The van der Waals surface area contributed by atoms with Gasteiger partial charge in [-0.15, -0.1) is 15.7 Å². The number of nitrogens with zero attached hydrogens (tertiary/aromatic N) is 3. The molecule has 0 saturated heterocycles. The molecule has 0 fully saturated rings. The first-order valence-electron chi connectivity index (χ1n) is 10.2. The summed E-state index contributed by atoms with van der Waals surface area (Å²) in [5, 5.41) is 20.0. The van der Waals surface area contributed by atoms with E-state index in [1.807, 2.05) is 19.2 Å². The van der Waals surface area contributed by atoms with Crippen LogP contribution in [0.5, 0.6) is 5.75 Å². The maximum Gasteiger partial charge on any atom is 0.286 e. The number of fused-ring (bicyclic) bond motifs is 1. The zero-order valence-electron chi connectivity index (χ0n) is 18.2. The van der Waals surface area contributed by atoms with E-state index in [9.17, 15) is 23.1 Å². The molecule has 172 valence electrons. The van der Waals surface area contributed by atoms with Crippen LogP contribution in [0.15, 0.2) is 49.8 Å². The fraction of sp³-hybridized carbons (Fsp3) is 0.273. The summed E-state index contributed by atoms with van der Waals surface area (Å²) in [4.78, 5) is 25.4. The Balaban J connectivity index is 1.91. The van der Waals surface area contributed by atoms with Crippen LogP contribution in [0.25, 0.3) is 10.6 Å². The molecule has 4 rings (SSSR count). The lowest BCUT2D eigenvalue weighted by Gasteiger charge is -2.20. The number of anilines is 1. The number of hydrogen-bond donors (Lipinski definition) is 2. The van der Waals surface area contributed by atoms with E-state index in [4.69, 9.17) is 0 Å². The van der Waals surface area contributed by atoms with Gasteiger partial charge in [0.2, 0.25) is 0 Å². The summed E-state index contributed by atoms with van der Waals surface area (Å²) in [5.41, 5.74) is -0.378. The molecule has 3 heterocycles. The van der Waals surface area contributed by atoms with Crippen molar-refractivity contribution in [3.63, 3.8) is 0 Å². The maximum atomic E-state index is 13.3. The highest BCUT2D eigenvalue weighted by Crippen LogP contribution is 2.35. The fourth-order valence-electron chi connectivity index (χ4n) is 3.37. The first-order chi connectivity index (χ1) is 15.6. The van der Waals surface area contributed by atoms with Gasteiger partial charge in [-0.05, 0) is 48.9 Å². The monoisotopic (exact) mass is 486 g/mol. The number of aromatic hydroxyl groups is 1. The van der Waals surface area contributed by atoms with E-state index in [1.54, 1.807) is 12.1 Å². The van der Waals surface area contributed by atoms with Crippen LogP contribution >= 0.6 is 11.3 Å². The summed E-state index contributed by atoms with van der Waals surface area (Å²) in [7, 11) is -4.24. The molecule has 0 unspecified atom stereocenters. The fourth-order valence-corrected chi connectivity index (χ4v) is 5.23. The van der Waals surface area contributed by atoms with Crippen LogP contribution in [0.4, 0.5) is 5.69 Å². The molecule has 0 radical (unpaired) electrons. The molecule has 0 saturated carbocycles. The maximum absolute atomic E-state index is 13.3. The number of Topliss-reactive ketones (excluding diaryl/α,β-unsaturated/α-hetero) is 1. The number of carbonyl (C=O) groups is 1. The molecular weight excluding hydrogens is 464 g/mol. The van der Waals surface area contributed by atoms with E-state index in [0.717, 1.165) is 0 Å². The van der Waals surface area contributed by atoms with Gasteiger partial charge in [0.05, 0.1) is 10.6 Å². The number of aromatic nitrogens is 2. The molecule has 1 aliphatic rings. The van der Waals surface area contributed by atoms with Crippen molar-refractivity contribution in [2.24, 2.45) is 10.3 Å². The third-order valence-corrected chi connectivity index (χ3v) is 7.36. The molecule has 33 heavy (non-hydrogen) atoms. The van der Waals surface area contributed by atoms with Gasteiger partial charge in [0.1, 0.15) is 16.2 Å². The lowest BCUT2D eigenvalue weighted by molar-refractivity contribution is 0.101. The zero-order chi connectivity index (χ0) is 23.9. The van der Waals surface area contributed by atoms with E-state index in [-0.39, 0.29) is 39.0 Å². The largest absolute Gasteiger partial charge is 0.505 e. The van der Waals surface area contributed by atoms with Crippen LogP contribution in [-0.2, 0) is 16.6 Å². The van der Waals surface area contributed by atoms with E-state index in [0.29, 0.717) is 23.8 Å².